The fourth-order valence-electron chi connectivity index (χ4n) is 3.83. The number of imide groups is 1. The van der Waals surface area contributed by atoms with Gasteiger partial charge in [0, 0.05) is 11.1 Å². The summed E-state index contributed by atoms with van der Waals surface area (Å²) in [7, 11) is 0. The molecule has 2 heterocycles. The Bertz CT molecular complexity index is 1050. The topological polar surface area (TPSA) is 46.6 Å². The molecule has 0 saturated heterocycles. The van der Waals surface area contributed by atoms with E-state index in [1.54, 1.807) is 24.3 Å². The van der Waals surface area contributed by atoms with Gasteiger partial charge in [0.25, 0.3) is 11.8 Å². The number of rotatable bonds is 1. The van der Waals surface area contributed by atoms with Crippen LogP contribution in [0.25, 0.3) is 0 Å². The van der Waals surface area contributed by atoms with Crippen LogP contribution in [0.4, 0.5) is 0 Å². The van der Waals surface area contributed by atoms with Crippen LogP contribution in [0.15, 0.2) is 66.7 Å². The molecule has 3 aromatic rings. The molecule has 0 bridgehead atoms. The van der Waals surface area contributed by atoms with E-state index >= 15 is 0 Å². The first-order valence-electron chi connectivity index (χ1n) is 8.50. The van der Waals surface area contributed by atoms with E-state index in [1.807, 2.05) is 49.4 Å². The molecule has 1 atom stereocenters. The molecule has 0 saturated carbocycles. The number of hydrogen-bond donors (Lipinski definition) is 0. The van der Waals surface area contributed by atoms with Crippen LogP contribution >= 0.6 is 0 Å². The van der Waals surface area contributed by atoms with Crippen LogP contribution in [0.2, 0.25) is 0 Å². The van der Waals surface area contributed by atoms with Crippen molar-refractivity contribution in [3.63, 3.8) is 0 Å². The Morgan fingerprint density at radius 3 is 2.12 bits per heavy atom. The summed E-state index contributed by atoms with van der Waals surface area (Å²) in [6, 6.07) is 19.9. The number of carbonyl (C=O) groups excluding carboxylic acids is 2. The lowest BCUT2D eigenvalue weighted by molar-refractivity contribution is 0.0603. The molecule has 0 fully saturated rings. The van der Waals surface area contributed by atoms with Crippen molar-refractivity contribution >= 4 is 11.8 Å². The Labute approximate surface area is 150 Å². The molecule has 0 aromatic heterocycles. The molecule has 0 spiro atoms. The van der Waals surface area contributed by atoms with Gasteiger partial charge in [-0.1, -0.05) is 48.5 Å². The Hall–Kier alpha value is -3.40. The number of amides is 2. The van der Waals surface area contributed by atoms with Crippen LogP contribution in [0.5, 0.6) is 11.5 Å². The van der Waals surface area contributed by atoms with Crippen molar-refractivity contribution in [2.75, 3.05) is 0 Å². The third-order valence-corrected chi connectivity index (χ3v) is 5.05. The predicted molar refractivity (Wildman–Crippen MR) is 96.5 cm³/mol. The van der Waals surface area contributed by atoms with Crippen LogP contribution in [0.1, 0.15) is 43.4 Å². The molecule has 1 unspecified atom stereocenters. The summed E-state index contributed by atoms with van der Waals surface area (Å²) in [5.74, 6) is 0.864. The summed E-state index contributed by atoms with van der Waals surface area (Å²) in [5, 5.41) is 0. The first-order chi connectivity index (χ1) is 12.7. The normalized spacial score (nSPS) is 17.4. The second-order valence-electron chi connectivity index (χ2n) is 6.56. The zero-order valence-corrected chi connectivity index (χ0v) is 14.1. The Morgan fingerprint density at radius 2 is 1.38 bits per heavy atom. The van der Waals surface area contributed by atoms with Crippen molar-refractivity contribution in [3.05, 3.63) is 94.5 Å². The zero-order valence-electron chi connectivity index (χ0n) is 14.1. The monoisotopic (exact) mass is 341 g/mol. The highest BCUT2D eigenvalue weighted by molar-refractivity contribution is 6.21. The van der Waals surface area contributed by atoms with Gasteiger partial charge in [-0.25, -0.2) is 0 Å². The zero-order chi connectivity index (χ0) is 17.8. The third-order valence-electron chi connectivity index (χ3n) is 5.05. The van der Waals surface area contributed by atoms with Crippen molar-refractivity contribution in [2.24, 2.45) is 0 Å². The molecule has 2 aliphatic rings. The second kappa shape index (κ2) is 5.30. The van der Waals surface area contributed by atoms with Crippen molar-refractivity contribution in [1.29, 1.82) is 0 Å². The molecule has 126 valence electrons. The standard InChI is InChI=1S/C22H15NO3/c1-13-7-6-11-17-19(16-10-4-5-12-18(16)26-20(13)17)23-21(24)14-8-2-3-9-15(14)22(23)25/h2-12,19H,1H3. The van der Waals surface area contributed by atoms with Gasteiger partial charge in [-0.05, 0) is 30.7 Å². The molecule has 4 nitrogen and oxygen atoms in total. The highest BCUT2D eigenvalue weighted by Crippen LogP contribution is 2.48. The number of hydrogen-bond acceptors (Lipinski definition) is 3. The molecule has 0 radical (unpaired) electrons. The quantitative estimate of drug-likeness (QED) is 0.613. The summed E-state index contributed by atoms with van der Waals surface area (Å²) in [5.41, 5.74) is 3.53. The van der Waals surface area contributed by atoms with Gasteiger partial charge < -0.3 is 4.74 Å². The molecule has 2 aliphatic heterocycles. The lowest BCUT2D eigenvalue weighted by Crippen LogP contribution is -2.36. The van der Waals surface area contributed by atoms with E-state index in [2.05, 4.69) is 0 Å². The maximum Gasteiger partial charge on any atom is 0.262 e. The van der Waals surface area contributed by atoms with Crippen LogP contribution in [-0.2, 0) is 0 Å². The Balaban J connectivity index is 1.75. The third kappa shape index (κ3) is 1.90. The van der Waals surface area contributed by atoms with Crippen molar-refractivity contribution in [3.8, 4) is 11.5 Å². The fourth-order valence-corrected chi connectivity index (χ4v) is 3.83. The number of ether oxygens (including phenoxy) is 1. The van der Waals surface area contributed by atoms with Gasteiger partial charge >= 0.3 is 0 Å². The fraction of sp³-hybridized carbons (Fsp3) is 0.0909. The van der Waals surface area contributed by atoms with Gasteiger partial charge in [0.05, 0.1) is 17.2 Å². The van der Waals surface area contributed by atoms with E-state index < -0.39 is 6.04 Å². The van der Waals surface area contributed by atoms with Gasteiger partial charge in [0.15, 0.2) is 0 Å². The number of para-hydroxylation sites is 2. The summed E-state index contributed by atoms with van der Waals surface area (Å²) in [6.45, 7) is 1.96. The molecular weight excluding hydrogens is 326 g/mol. The smallest absolute Gasteiger partial charge is 0.262 e. The van der Waals surface area contributed by atoms with E-state index in [4.69, 9.17) is 4.74 Å². The Morgan fingerprint density at radius 1 is 0.769 bits per heavy atom. The second-order valence-corrected chi connectivity index (χ2v) is 6.56. The molecule has 0 N–H and O–H groups in total. The van der Waals surface area contributed by atoms with Gasteiger partial charge in [-0.15, -0.1) is 0 Å². The van der Waals surface area contributed by atoms with Crippen LogP contribution < -0.4 is 4.74 Å². The molecule has 2 amide bonds. The number of aryl methyl sites for hydroxylation is 1. The average Bonchev–Trinajstić information content (AvgIpc) is 2.92. The van der Waals surface area contributed by atoms with E-state index in [9.17, 15) is 9.59 Å². The molecule has 5 rings (SSSR count). The predicted octanol–water partition coefficient (Wildman–Crippen LogP) is 4.49. The minimum absolute atomic E-state index is 0.264. The van der Waals surface area contributed by atoms with Crippen molar-refractivity contribution < 1.29 is 14.3 Å². The Kier molecular flexibility index (Phi) is 3.04. The van der Waals surface area contributed by atoms with Gasteiger partial charge in [0.2, 0.25) is 0 Å². The minimum Gasteiger partial charge on any atom is -0.456 e. The number of carbonyl (C=O) groups is 2. The van der Waals surface area contributed by atoms with E-state index in [-0.39, 0.29) is 11.8 Å². The average molecular weight is 341 g/mol. The van der Waals surface area contributed by atoms with Gasteiger partial charge in [-0.2, -0.15) is 0 Å². The lowest BCUT2D eigenvalue weighted by atomic mass is 9.91. The van der Waals surface area contributed by atoms with Crippen molar-refractivity contribution in [1.82, 2.24) is 4.90 Å². The minimum atomic E-state index is -0.498. The van der Waals surface area contributed by atoms with E-state index in [0.717, 1.165) is 16.7 Å². The molecule has 0 aliphatic carbocycles. The molecule has 4 heteroatoms. The summed E-state index contributed by atoms with van der Waals surface area (Å²) < 4.78 is 6.10. The number of benzene rings is 3. The molecule has 3 aromatic carbocycles. The van der Waals surface area contributed by atoms with Crippen molar-refractivity contribution in [2.45, 2.75) is 13.0 Å². The first-order valence-corrected chi connectivity index (χ1v) is 8.50. The number of nitrogens with zero attached hydrogens (tertiary/aromatic N) is 1. The van der Waals surface area contributed by atoms with Gasteiger partial charge in [0.1, 0.15) is 11.5 Å². The summed E-state index contributed by atoms with van der Waals surface area (Å²) in [6.07, 6.45) is 0. The highest BCUT2D eigenvalue weighted by Gasteiger charge is 2.44. The van der Waals surface area contributed by atoms with E-state index in [1.165, 1.54) is 4.90 Å². The maximum absolute atomic E-state index is 13.1. The summed E-state index contributed by atoms with van der Waals surface area (Å²) >= 11 is 0. The largest absolute Gasteiger partial charge is 0.456 e. The highest BCUT2D eigenvalue weighted by atomic mass is 16.5. The van der Waals surface area contributed by atoms with Gasteiger partial charge in [-0.3, -0.25) is 14.5 Å². The number of fused-ring (bicyclic) bond motifs is 3. The summed E-state index contributed by atoms with van der Waals surface area (Å²) in [4.78, 5) is 27.5. The van der Waals surface area contributed by atoms with E-state index in [0.29, 0.717) is 22.6 Å². The lowest BCUT2D eigenvalue weighted by Gasteiger charge is -2.34. The van der Waals surface area contributed by atoms with Crippen LogP contribution in [-0.4, -0.2) is 16.7 Å². The SMILES string of the molecule is Cc1cccc2c1Oc1ccccc1C2N1C(=O)c2ccccc2C1=O. The van der Waals surface area contributed by atoms with Crippen LogP contribution in [0.3, 0.4) is 0 Å². The first kappa shape index (κ1) is 14.9. The van der Waals surface area contributed by atoms with Crippen LogP contribution in [0, 0.1) is 6.92 Å². The molecule has 26 heavy (non-hydrogen) atoms. The maximum atomic E-state index is 13.1. The molecular formula is C22H15NO3.